The molecule has 0 fully saturated rings. The Bertz CT molecular complexity index is 560. The van der Waals surface area contributed by atoms with Gasteiger partial charge in [-0.15, -0.1) is 0 Å². The average molecular weight is 223 g/mol. The summed E-state index contributed by atoms with van der Waals surface area (Å²) < 4.78 is 13.5. The summed E-state index contributed by atoms with van der Waals surface area (Å²) in [5, 5.41) is 18.6. The molecule has 0 bridgehead atoms. The fraction of sp³-hybridized carbons (Fsp3) is 0.182. The van der Waals surface area contributed by atoms with Crippen LogP contribution in [0.1, 0.15) is 29.1 Å². The number of carbonyl (C=O) groups is 1. The van der Waals surface area contributed by atoms with E-state index in [1.165, 1.54) is 25.1 Å². The number of nitrogens with one attached hydrogen (secondary N) is 1. The Labute approximate surface area is 90.3 Å². The van der Waals surface area contributed by atoms with Gasteiger partial charge in [0, 0.05) is 16.5 Å². The molecule has 1 unspecified atom stereocenters. The lowest BCUT2D eigenvalue weighted by molar-refractivity contribution is 0.0691. The zero-order chi connectivity index (χ0) is 11.9. The molecule has 84 valence electrons. The molecule has 0 aliphatic heterocycles. The molecule has 0 radical (unpaired) electrons. The Morgan fingerprint density at radius 3 is 2.75 bits per heavy atom. The Morgan fingerprint density at radius 2 is 2.19 bits per heavy atom. The van der Waals surface area contributed by atoms with Gasteiger partial charge in [-0.3, -0.25) is 0 Å². The number of aliphatic hydroxyl groups is 1. The van der Waals surface area contributed by atoms with Crippen molar-refractivity contribution in [2.75, 3.05) is 0 Å². The maximum Gasteiger partial charge on any atom is 0.352 e. The van der Waals surface area contributed by atoms with E-state index in [0.717, 1.165) is 0 Å². The number of carboxylic acids is 1. The molecule has 0 saturated carbocycles. The number of aromatic amines is 1. The molecule has 0 aliphatic rings. The van der Waals surface area contributed by atoms with Gasteiger partial charge in [-0.1, -0.05) is 0 Å². The first kappa shape index (κ1) is 10.6. The molecule has 2 aromatic rings. The van der Waals surface area contributed by atoms with E-state index in [0.29, 0.717) is 10.9 Å². The Kier molecular flexibility index (Phi) is 2.40. The number of fused-ring (bicyclic) bond motifs is 1. The smallest absolute Gasteiger partial charge is 0.352 e. The number of aromatic nitrogens is 1. The van der Waals surface area contributed by atoms with Gasteiger partial charge in [0.25, 0.3) is 0 Å². The van der Waals surface area contributed by atoms with Gasteiger partial charge in [0.15, 0.2) is 0 Å². The zero-order valence-electron chi connectivity index (χ0n) is 8.49. The summed E-state index contributed by atoms with van der Waals surface area (Å²) in [7, 11) is 0. The minimum atomic E-state index is -1.12. The number of aromatic carboxylic acids is 1. The monoisotopic (exact) mass is 223 g/mol. The van der Waals surface area contributed by atoms with Gasteiger partial charge < -0.3 is 15.2 Å². The Balaban J connectivity index is 2.76. The van der Waals surface area contributed by atoms with Crippen LogP contribution in [0.25, 0.3) is 10.9 Å². The third kappa shape index (κ3) is 1.55. The summed E-state index contributed by atoms with van der Waals surface area (Å²) in [6.45, 7) is 1.44. The molecular weight excluding hydrogens is 213 g/mol. The molecule has 4 nitrogen and oxygen atoms in total. The minimum Gasteiger partial charge on any atom is -0.477 e. The third-order valence-electron chi connectivity index (χ3n) is 2.44. The first-order valence-electron chi connectivity index (χ1n) is 4.73. The minimum absolute atomic E-state index is 0.0255. The van der Waals surface area contributed by atoms with Crippen LogP contribution in [0.15, 0.2) is 18.2 Å². The summed E-state index contributed by atoms with van der Waals surface area (Å²) in [6.07, 6.45) is -0.985. The van der Waals surface area contributed by atoms with Crippen LogP contribution in [0.4, 0.5) is 4.39 Å². The van der Waals surface area contributed by atoms with Crippen molar-refractivity contribution in [1.82, 2.24) is 4.98 Å². The molecule has 0 spiro atoms. The quantitative estimate of drug-likeness (QED) is 0.729. The predicted octanol–water partition coefficient (Wildman–Crippen LogP) is 2.06. The van der Waals surface area contributed by atoms with E-state index in [1.807, 2.05) is 0 Å². The van der Waals surface area contributed by atoms with Crippen LogP contribution in [-0.4, -0.2) is 21.2 Å². The summed E-state index contributed by atoms with van der Waals surface area (Å²) in [5.41, 5.74) is 0.582. The molecule has 2 rings (SSSR count). The predicted molar refractivity (Wildman–Crippen MR) is 55.8 cm³/mol. The highest BCUT2D eigenvalue weighted by Gasteiger charge is 2.16. The molecule has 3 N–H and O–H groups in total. The van der Waals surface area contributed by atoms with Crippen molar-refractivity contribution in [3.05, 3.63) is 35.3 Å². The maximum absolute atomic E-state index is 13.5. The lowest BCUT2D eigenvalue weighted by atomic mass is 10.1. The first-order valence-corrected chi connectivity index (χ1v) is 4.73. The fourth-order valence-electron chi connectivity index (χ4n) is 1.74. The highest BCUT2D eigenvalue weighted by atomic mass is 19.1. The number of benzene rings is 1. The number of rotatable bonds is 2. The first-order chi connectivity index (χ1) is 7.50. The molecule has 16 heavy (non-hydrogen) atoms. The van der Waals surface area contributed by atoms with Crippen molar-refractivity contribution in [2.45, 2.75) is 13.0 Å². The topological polar surface area (TPSA) is 73.3 Å². The molecule has 5 heteroatoms. The van der Waals surface area contributed by atoms with E-state index in [1.54, 1.807) is 0 Å². The largest absolute Gasteiger partial charge is 0.477 e. The lowest BCUT2D eigenvalue weighted by Gasteiger charge is -2.07. The summed E-state index contributed by atoms with van der Waals surface area (Å²) in [5.74, 6) is -1.66. The van der Waals surface area contributed by atoms with Gasteiger partial charge in [-0.05, 0) is 25.1 Å². The van der Waals surface area contributed by atoms with Crippen LogP contribution in [0, 0.1) is 5.82 Å². The number of H-pyrrole nitrogens is 1. The number of carboxylic acid groups (broad SMARTS) is 1. The second kappa shape index (κ2) is 3.61. The van der Waals surface area contributed by atoms with Crippen LogP contribution in [0.2, 0.25) is 0 Å². The van der Waals surface area contributed by atoms with Crippen LogP contribution >= 0.6 is 0 Å². The molecule has 0 amide bonds. The highest BCUT2D eigenvalue weighted by Crippen LogP contribution is 2.27. The van der Waals surface area contributed by atoms with Crippen LogP contribution in [0.5, 0.6) is 0 Å². The van der Waals surface area contributed by atoms with Gasteiger partial charge in [0.2, 0.25) is 0 Å². The summed E-state index contributed by atoms with van der Waals surface area (Å²) in [6, 6.07) is 3.97. The van der Waals surface area contributed by atoms with Crippen LogP contribution in [-0.2, 0) is 0 Å². The molecular formula is C11H10FNO3. The average Bonchev–Trinajstić information content (AvgIpc) is 2.60. The van der Waals surface area contributed by atoms with Crippen LogP contribution < -0.4 is 0 Å². The van der Waals surface area contributed by atoms with Crippen molar-refractivity contribution in [1.29, 1.82) is 0 Å². The SMILES string of the molecule is CC(O)c1c(F)ccc2[nH]c(C(=O)O)cc12. The van der Waals surface area contributed by atoms with Gasteiger partial charge in [-0.25, -0.2) is 9.18 Å². The van der Waals surface area contributed by atoms with E-state index in [2.05, 4.69) is 4.98 Å². The zero-order valence-corrected chi connectivity index (χ0v) is 8.49. The highest BCUT2D eigenvalue weighted by molar-refractivity contribution is 5.95. The van der Waals surface area contributed by atoms with Crippen molar-refractivity contribution in [3.63, 3.8) is 0 Å². The molecule has 1 aromatic heterocycles. The van der Waals surface area contributed by atoms with E-state index >= 15 is 0 Å². The van der Waals surface area contributed by atoms with Gasteiger partial charge in [-0.2, -0.15) is 0 Å². The van der Waals surface area contributed by atoms with Gasteiger partial charge in [0.1, 0.15) is 11.5 Å². The van der Waals surface area contributed by atoms with Crippen molar-refractivity contribution < 1.29 is 19.4 Å². The maximum atomic E-state index is 13.5. The number of hydrogen-bond donors (Lipinski definition) is 3. The Morgan fingerprint density at radius 1 is 1.50 bits per heavy atom. The lowest BCUT2D eigenvalue weighted by Crippen LogP contribution is -1.96. The van der Waals surface area contributed by atoms with E-state index in [-0.39, 0.29) is 11.3 Å². The fourth-order valence-corrected chi connectivity index (χ4v) is 1.74. The van der Waals surface area contributed by atoms with Crippen molar-refractivity contribution in [2.24, 2.45) is 0 Å². The van der Waals surface area contributed by atoms with E-state index in [4.69, 9.17) is 5.11 Å². The number of aliphatic hydroxyl groups excluding tert-OH is 1. The molecule has 1 aromatic carbocycles. The number of halogens is 1. The van der Waals surface area contributed by atoms with Crippen LogP contribution in [0.3, 0.4) is 0 Å². The standard InChI is InChI=1S/C11H10FNO3/c1-5(14)10-6-4-9(11(15)16)13-8(6)3-2-7(10)12/h2-5,13-14H,1H3,(H,15,16). The van der Waals surface area contributed by atoms with E-state index in [9.17, 15) is 14.3 Å². The molecule has 1 atom stereocenters. The summed E-state index contributed by atoms with van der Waals surface area (Å²) >= 11 is 0. The Hall–Kier alpha value is -1.88. The van der Waals surface area contributed by atoms with Gasteiger partial charge >= 0.3 is 5.97 Å². The normalized spacial score (nSPS) is 12.9. The molecule has 0 saturated heterocycles. The summed E-state index contributed by atoms with van der Waals surface area (Å²) in [4.78, 5) is 13.4. The van der Waals surface area contributed by atoms with Crippen molar-refractivity contribution >= 4 is 16.9 Å². The molecule has 0 aliphatic carbocycles. The third-order valence-corrected chi connectivity index (χ3v) is 2.44. The van der Waals surface area contributed by atoms with Crippen molar-refractivity contribution in [3.8, 4) is 0 Å². The molecule has 1 heterocycles. The number of hydrogen-bond acceptors (Lipinski definition) is 2. The van der Waals surface area contributed by atoms with Gasteiger partial charge in [0.05, 0.1) is 6.10 Å². The van der Waals surface area contributed by atoms with E-state index < -0.39 is 17.9 Å². The second-order valence-corrected chi connectivity index (χ2v) is 3.59. The second-order valence-electron chi connectivity index (χ2n) is 3.59.